The van der Waals surface area contributed by atoms with Crippen LogP contribution in [0.4, 0.5) is 0 Å². The second kappa shape index (κ2) is 10.1. The van der Waals surface area contributed by atoms with Gasteiger partial charge < -0.3 is 10.2 Å². The van der Waals surface area contributed by atoms with Gasteiger partial charge in [0.15, 0.2) is 0 Å². The molecule has 0 atom stereocenters. The van der Waals surface area contributed by atoms with E-state index in [1.54, 1.807) is 12.1 Å². The first kappa shape index (κ1) is 20.2. The Morgan fingerprint density at radius 3 is 2.33 bits per heavy atom. The Bertz CT molecular complexity index is 633. The number of carbonyl (C=O) groups is 2. The van der Waals surface area contributed by atoms with Crippen LogP contribution in [-0.4, -0.2) is 35.8 Å². The minimum absolute atomic E-state index is 0.0187. The number of benzene rings is 1. The molecule has 27 heavy (non-hydrogen) atoms. The zero-order valence-corrected chi connectivity index (χ0v) is 16.8. The quantitative estimate of drug-likeness (QED) is 0.733. The summed E-state index contributed by atoms with van der Waals surface area (Å²) in [5, 5.41) is 3.75. The van der Waals surface area contributed by atoms with Crippen LogP contribution in [0.3, 0.4) is 0 Å². The molecule has 0 bridgehead atoms. The summed E-state index contributed by atoms with van der Waals surface area (Å²) in [5.41, 5.74) is 0.584. The SMILES string of the molecule is O=C(CCC1CCN(C(=O)c2ccccc2Cl)CC1)NC1CCCCCC1. The van der Waals surface area contributed by atoms with Crippen molar-refractivity contribution < 1.29 is 9.59 Å². The fourth-order valence-corrected chi connectivity index (χ4v) is 4.51. The molecule has 0 radical (unpaired) electrons. The number of piperidine rings is 1. The Labute approximate surface area is 167 Å². The van der Waals surface area contributed by atoms with Gasteiger partial charge >= 0.3 is 0 Å². The van der Waals surface area contributed by atoms with Gasteiger partial charge in [-0.3, -0.25) is 9.59 Å². The number of hydrogen-bond donors (Lipinski definition) is 1. The summed E-state index contributed by atoms with van der Waals surface area (Å²) in [6, 6.07) is 7.61. The lowest BCUT2D eigenvalue weighted by atomic mass is 9.91. The van der Waals surface area contributed by atoms with Crippen molar-refractivity contribution in [1.29, 1.82) is 0 Å². The summed E-state index contributed by atoms with van der Waals surface area (Å²) in [7, 11) is 0. The minimum atomic E-state index is 0.0187. The third kappa shape index (κ3) is 5.97. The Kier molecular flexibility index (Phi) is 7.57. The largest absolute Gasteiger partial charge is 0.353 e. The third-order valence-electron chi connectivity index (χ3n) is 6.01. The second-order valence-corrected chi connectivity index (χ2v) is 8.42. The van der Waals surface area contributed by atoms with E-state index in [1.807, 2.05) is 17.0 Å². The molecular weight excluding hydrogens is 360 g/mol. The van der Waals surface area contributed by atoms with Gasteiger partial charge in [-0.1, -0.05) is 49.4 Å². The van der Waals surface area contributed by atoms with Crippen molar-refractivity contribution in [3.63, 3.8) is 0 Å². The number of nitrogens with zero attached hydrogens (tertiary/aromatic N) is 1. The van der Waals surface area contributed by atoms with Crippen LogP contribution in [0, 0.1) is 5.92 Å². The van der Waals surface area contributed by atoms with Crippen LogP contribution in [0.5, 0.6) is 0 Å². The van der Waals surface area contributed by atoms with Gasteiger partial charge in [0.05, 0.1) is 10.6 Å². The van der Waals surface area contributed by atoms with Crippen molar-refractivity contribution in [3.8, 4) is 0 Å². The Morgan fingerprint density at radius 2 is 1.67 bits per heavy atom. The second-order valence-electron chi connectivity index (χ2n) is 8.01. The van der Waals surface area contributed by atoms with Crippen molar-refractivity contribution in [2.45, 2.75) is 70.3 Å². The Balaban J connectivity index is 1.38. The molecule has 2 aliphatic rings. The molecule has 0 spiro atoms. The normalized spacial score (nSPS) is 19.5. The van der Waals surface area contributed by atoms with E-state index < -0.39 is 0 Å². The number of carbonyl (C=O) groups excluding carboxylic acids is 2. The molecule has 1 aliphatic heterocycles. The molecule has 0 unspecified atom stereocenters. The maximum Gasteiger partial charge on any atom is 0.255 e. The monoisotopic (exact) mass is 390 g/mol. The highest BCUT2D eigenvalue weighted by molar-refractivity contribution is 6.33. The smallest absolute Gasteiger partial charge is 0.255 e. The zero-order chi connectivity index (χ0) is 19.1. The summed E-state index contributed by atoms with van der Waals surface area (Å²) in [6.07, 6.45) is 10.8. The fourth-order valence-electron chi connectivity index (χ4n) is 4.29. The van der Waals surface area contributed by atoms with Gasteiger partial charge in [-0.05, 0) is 50.2 Å². The van der Waals surface area contributed by atoms with Crippen molar-refractivity contribution >= 4 is 23.4 Å². The van der Waals surface area contributed by atoms with E-state index in [0.717, 1.165) is 45.2 Å². The number of rotatable bonds is 5. The molecule has 1 saturated heterocycles. The first-order chi connectivity index (χ1) is 13.1. The first-order valence-corrected chi connectivity index (χ1v) is 10.8. The van der Waals surface area contributed by atoms with E-state index >= 15 is 0 Å². The van der Waals surface area contributed by atoms with Gasteiger partial charge in [0.2, 0.25) is 5.91 Å². The molecule has 1 aromatic carbocycles. The molecule has 1 heterocycles. The maximum atomic E-state index is 12.6. The number of amides is 2. The van der Waals surface area contributed by atoms with E-state index in [2.05, 4.69) is 5.32 Å². The summed E-state index contributed by atoms with van der Waals surface area (Å²) >= 11 is 6.15. The lowest BCUT2D eigenvalue weighted by Gasteiger charge is -2.32. The van der Waals surface area contributed by atoms with Crippen molar-refractivity contribution in [3.05, 3.63) is 34.9 Å². The van der Waals surface area contributed by atoms with E-state index in [9.17, 15) is 9.59 Å². The molecule has 1 aromatic rings. The van der Waals surface area contributed by atoms with Gasteiger partial charge in [0.25, 0.3) is 5.91 Å². The summed E-state index contributed by atoms with van der Waals surface area (Å²) in [6.45, 7) is 1.50. The highest BCUT2D eigenvalue weighted by Gasteiger charge is 2.25. The van der Waals surface area contributed by atoms with Crippen LogP contribution >= 0.6 is 11.6 Å². The molecule has 0 aromatic heterocycles. The van der Waals surface area contributed by atoms with E-state index in [1.165, 1.54) is 25.7 Å². The minimum Gasteiger partial charge on any atom is -0.353 e. The highest BCUT2D eigenvalue weighted by Crippen LogP contribution is 2.25. The van der Waals surface area contributed by atoms with Gasteiger partial charge in [-0.2, -0.15) is 0 Å². The van der Waals surface area contributed by atoms with Crippen LogP contribution in [0.2, 0.25) is 5.02 Å². The van der Waals surface area contributed by atoms with Crippen molar-refractivity contribution in [1.82, 2.24) is 10.2 Å². The molecule has 148 valence electrons. The number of nitrogens with one attached hydrogen (secondary N) is 1. The highest BCUT2D eigenvalue weighted by atomic mass is 35.5. The Morgan fingerprint density at radius 1 is 1.00 bits per heavy atom. The van der Waals surface area contributed by atoms with Crippen LogP contribution in [0.15, 0.2) is 24.3 Å². The molecule has 2 fully saturated rings. The van der Waals surface area contributed by atoms with E-state index in [0.29, 0.717) is 29.0 Å². The lowest BCUT2D eigenvalue weighted by Crippen LogP contribution is -2.39. The van der Waals surface area contributed by atoms with Gasteiger partial charge in [-0.15, -0.1) is 0 Å². The van der Waals surface area contributed by atoms with Gasteiger partial charge in [-0.25, -0.2) is 0 Å². The fraction of sp³-hybridized carbons (Fsp3) is 0.636. The number of halogens is 1. The maximum absolute atomic E-state index is 12.6. The van der Waals surface area contributed by atoms with E-state index in [4.69, 9.17) is 11.6 Å². The van der Waals surface area contributed by atoms with Gasteiger partial charge in [0.1, 0.15) is 0 Å². The van der Waals surface area contributed by atoms with Crippen LogP contribution < -0.4 is 5.32 Å². The van der Waals surface area contributed by atoms with Crippen LogP contribution in [0.25, 0.3) is 0 Å². The summed E-state index contributed by atoms with van der Waals surface area (Å²) in [5.74, 6) is 0.752. The van der Waals surface area contributed by atoms with Crippen molar-refractivity contribution in [2.75, 3.05) is 13.1 Å². The molecule has 1 N–H and O–H groups in total. The molecule has 1 saturated carbocycles. The third-order valence-corrected chi connectivity index (χ3v) is 6.34. The molecule has 3 rings (SSSR count). The topological polar surface area (TPSA) is 49.4 Å². The zero-order valence-electron chi connectivity index (χ0n) is 16.1. The predicted octanol–water partition coefficient (Wildman–Crippen LogP) is 4.81. The summed E-state index contributed by atoms with van der Waals surface area (Å²) in [4.78, 5) is 26.8. The predicted molar refractivity (Wildman–Crippen MR) is 109 cm³/mol. The Hall–Kier alpha value is -1.55. The van der Waals surface area contributed by atoms with Gasteiger partial charge in [0, 0.05) is 25.6 Å². The number of likely N-dealkylation sites (tertiary alicyclic amines) is 1. The average Bonchev–Trinajstić information content (AvgIpc) is 2.95. The lowest BCUT2D eigenvalue weighted by molar-refractivity contribution is -0.122. The van der Waals surface area contributed by atoms with Crippen LogP contribution in [-0.2, 0) is 4.79 Å². The molecule has 1 aliphatic carbocycles. The van der Waals surface area contributed by atoms with Crippen molar-refractivity contribution in [2.24, 2.45) is 5.92 Å². The average molecular weight is 391 g/mol. The number of hydrogen-bond acceptors (Lipinski definition) is 2. The molecule has 4 nitrogen and oxygen atoms in total. The molecular formula is C22H31ClN2O2. The standard InChI is InChI=1S/C22H31ClN2O2/c23-20-10-6-5-9-19(20)22(27)25-15-13-17(14-16-25)11-12-21(26)24-18-7-3-1-2-4-8-18/h5-6,9-10,17-18H,1-4,7-8,11-16H2,(H,24,26). The summed E-state index contributed by atoms with van der Waals surface area (Å²) < 4.78 is 0. The first-order valence-electron chi connectivity index (χ1n) is 10.5. The van der Waals surface area contributed by atoms with E-state index in [-0.39, 0.29) is 11.8 Å². The van der Waals surface area contributed by atoms with Crippen LogP contribution in [0.1, 0.15) is 74.6 Å². The molecule has 2 amide bonds. The molecule has 5 heteroatoms.